The van der Waals surface area contributed by atoms with Gasteiger partial charge in [-0.2, -0.15) is 0 Å². The molecule has 0 bridgehead atoms. The first kappa shape index (κ1) is 12.2. The molecule has 102 valence electrons. The second kappa shape index (κ2) is 4.69. The van der Waals surface area contributed by atoms with E-state index in [9.17, 15) is 9.59 Å². The van der Waals surface area contributed by atoms with E-state index in [4.69, 9.17) is 14.6 Å². The maximum absolute atomic E-state index is 11.6. The molecule has 1 aromatic carbocycles. The van der Waals surface area contributed by atoms with Gasteiger partial charge in [0.2, 0.25) is 0 Å². The van der Waals surface area contributed by atoms with Crippen molar-refractivity contribution < 1.29 is 19.4 Å². The molecule has 0 fully saturated rings. The smallest absolute Gasteiger partial charge is 0.342 e. The van der Waals surface area contributed by atoms with Crippen molar-refractivity contribution in [2.24, 2.45) is 0 Å². The topological polar surface area (TPSA) is 102 Å². The number of carboxylic acid groups (broad SMARTS) is 1. The number of nitrogens with zero attached hydrogens (tertiary/aromatic N) is 1. The van der Waals surface area contributed by atoms with Gasteiger partial charge in [-0.25, -0.2) is 9.78 Å². The van der Waals surface area contributed by atoms with Crippen LogP contribution in [0, 0.1) is 0 Å². The standard InChI is InChI=1S/C13H10N2O5/c16-12-8(13(17)18)6-14-11(15-12)7-1-2-9-10(5-7)20-4-3-19-9/h1-2,5-6H,3-4H2,(H,17,18)(H,14,15,16). The number of benzene rings is 1. The van der Waals surface area contributed by atoms with Gasteiger partial charge in [-0.3, -0.25) is 4.79 Å². The first-order valence-corrected chi connectivity index (χ1v) is 5.88. The van der Waals surface area contributed by atoms with Gasteiger partial charge in [-0.1, -0.05) is 0 Å². The summed E-state index contributed by atoms with van der Waals surface area (Å²) in [6.45, 7) is 0.951. The van der Waals surface area contributed by atoms with Gasteiger partial charge in [-0.05, 0) is 18.2 Å². The van der Waals surface area contributed by atoms with Crippen LogP contribution in [0.3, 0.4) is 0 Å². The highest BCUT2D eigenvalue weighted by Crippen LogP contribution is 2.33. The van der Waals surface area contributed by atoms with Crippen molar-refractivity contribution in [2.45, 2.75) is 0 Å². The summed E-state index contributed by atoms with van der Waals surface area (Å²) in [5.74, 6) is 0.160. The number of carbonyl (C=O) groups is 1. The number of rotatable bonds is 2. The first-order valence-electron chi connectivity index (χ1n) is 5.88. The van der Waals surface area contributed by atoms with E-state index in [1.807, 2.05) is 0 Å². The number of hydrogen-bond donors (Lipinski definition) is 2. The summed E-state index contributed by atoms with van der Waals surface area (Å²) in [6, 6.07) is 5.12. The lowest BCUT2D eigenvalue weighted by molar-refractivity contribution is 0.0694. The lowest BCUT2D eigenvalue weighted by atomic mass is 10.1. The molecule has 0 atom stereocenters. The molecule has 0 amide bonds. The van der Waals surface area contributed by atoms with Crippen LogP contribution in [0.4, 0.5) is 0 Å². The minimum atomic E-state index is -1.31. The van der Waals surface area contributed by atoms with Gasteiger partial charge in [0.25, 0.3) is 5.56 Å². The van der Waals surface area contributed by atoms with Crippen molar-refractivity contribution in [3.63, 3.8) is 0 Å². The maximum atomic E-state index is 11.6. The molecule has 1 aromatic heterocycles. The number of aromatic nitrogens is 2. The number of aromatic amines is 1. The normalized spacial score (nSPS) is 13.0. The van der Waals surface area contributed by atoms with Gasteiger partial charge in [-0.15, -0.1) is 0 Å². The van der Waals surface area contributed by atoms with Crippen LogP contribution in [-0.2, 0) is 0 Å². The molecule has 3 rings (SSSR count). The summed E-state index contributed by atoms with van der Waals surface area (Å²) in [5, 5.41) is 8.79. The molecular weight excluding hydrogens is 264 g/mol. The lowest BCUT2D eigenvalue weighted by Crippen LogP contribution is -2.19. The van der Waals surface area contributed by atoms with E-state index in [0.717, 1.165) is 6.20 Å². The molecule has 20 heavy (non-hydrogen) atoms. The number of ether oxygens (including phenoxy) is 2. The fourth-order valence-electron chi connectivity index (χ4n) is 1.88. The maximum Gasteiger partial charge on any atom is 0.342 e. The van der Waals surface area contributed by atoms with Crippen molar-refractivity contribution in [2.75, 3.05) is 13.2 Å². The Morgan fingerprint density at radius 1 is 1.25 bits per heavy atom. The quantitative estimate of drug-likeness (QED) is 0.843. The molecule has 0 spiro atoms. The van der Waals surface area contributed by atoms with Gasteiger partial charge in [0, 0.05) is 11.8 Å². The lowest BCUT2D eigenvalue weighted by Gasteiger charge is -2.18. The van der Waals surface area contributed by atoms with Crippen LogP contribution in [0.1, 0.15) is 10.4 Å². The van der Waals surface area contributed by atoms with Crippen LogP contribution >= 0.6 is 0 Å². The van der Waals surface area contributed by atoms with Gasteiger partial charge < -0.3 is 19.6 Å². The summed E-state index contributed by atoms with van der Waals surface area (Å²) >= 11 is 0. The molecule has 7 heteroatoms. The number of hydrogen-bond acceptors (Lipinski definition) is 5. The van der Waals surface area contributed by atoms with Crippen LogP contribution in [0.15, 0.2) is 29.2 Å². The van der Waals surface area contributed by atoms with Gasteiger partial charge >= 0.3 is 5.97 Å². The fourth-order valence-corrected chi connectivity index (χ4v) is 1.88. The Morgan fingerprint density at radius 3 is 2.70 bits per heavy atom. The zero-order valence-corrected chi connectivity index (χ0v) is 10.3. The molecule has 0 radical (unpaired) electrons. The summed E-state index contributed by atoms with van der Waals surface area (Å²) in [5.41, 5.74) is -0.480. The van der Waals surface area contributed by atoms with Crippen molar-refractivity contribution in [1.82, 2.24) is 9.97 Å². The fraction of sp³-hybridized carbons (Fsp3) is 0.154. The third-order valence-electron chi connectivity index (χ3n) is 2.85. The summed E-state index contributed by atoms with van der Waals surface area (Å²) in [4.78, 5) is 28.8. The summed E-state index contributed by atoms with van der Waals surface area (Å²) < 4.78 is 10.8. The molecule has 0 saturated heterocycles. The Kier molecular flexibility index (Phi) is 2.86. The van der Waals surface area contributed by atoms with Gasteiger partial charge in [0.05, 0.1) is 0 Å². The zero-order chi connectivity index (χ0) is 14.1. The van der Waals surface area contributed by atoms with Crippen molar-refractivity contribution in [1.29, 1.82) is 0 Å². The van der Waals surface area contributed by atoms with E-state index in [-0.39, 0.29) is 5.82 Å². The Bertz CT molecular complexity index is 738. The van der Waals surface area contributed by atoms with Crippen LogP contribution < -0.4 is 15.0 Å². The molecule has 1 aliphatic heterocycles. The van der Waals surface area contributed by atoms with Gasteiger partial charge in [0.1, 0.15) is 24.6 Å². The van der Waals surface area contributed by atoms with Crippen LogP contribution in [0.2, 0.25) is 0 Å². The Balaban J connectivity index is 2.03. The van der Waals surface area contributed by atoms with E-state index in [1.165, 1.54) is 0 Å². The summed E-state index contributed by atoms with van der Waals surface area (Å²) in [6.07, 6.45) is 1.04. The highest BCUT2D eigenvalue weighted by Gasteiger charge is 2.15. The Labute approximate surface area is 112 Å². The molecule has 7 nitrogen and oxygen atoms in total. The van der Waals surface area contributed by atoms with Crippen molar-refractivity contribution in [3.05, 3.63) is 40.3 Å². The Morgan fingerprint density at radius 2 is 2.00 bits per heavy atom. The molecule has 1 aliphatic rings. The average Bonchev–Trinajstić information content (AvgIpc) is 2.46. The highest BCUT2D eigenvalue weighted by molar-refractivity contribution is 5.86. The minimum absolute atomic E-state index is 0.275. The third kappa shape index (κ3) is 2.09. The molecule has 0 unspecified atom stereocenters. The van der Waals surface area contributed by atoms with Gasteiger partial charge in [0.15, 0.2) is 11.5 Å². The van der Waals surface area contributed by atoms with Crippen molar-refractivity contribution in [3.8, 4) is 22.9 Å². The number of nitrogens with one attached hydrogen (secondary N) is 1. The number of fused-ring (bicyclic) bond motifs is 1. The molecule has 0 saturated carbocycles. The number of carboxylic acids is 1. The molecule has 2 N–H and O–H groups in total. The molecule has 0 aliphatic carbocycles. The van der Waals surface area contributed by atoms with Crippen LogP contribution in [-0.4, -0.2) is 34.3 Å². The zero-order valence-electron chi connectivity index (χ0n) is 10.3. The second-order valence-corrected chi connectivity index (χ2v) is 4.14. The van der Waals surface area contributed by atoms with E-state index < -0.39 is 17.1 Å². The third-order valence-corrected chi connectivity index (χ3v) is 2.85. The van der Waals surface area contributed by atoms with Crippen LogP contribution in [0.5, 0.6) is 11.5 Å². The SMILES string of the molecule is O=C(O)c1cnc(-c2ccc3c(c2)OCCO3)[nH]c1=O. The molecule has 2 heterocycles. The van der Waals surface area contributed by atoms with E-state index in [2.05, 4.69) is 9.97 Å². The van der Waals surface area contributed by atoms with Crippen molar-refractivity contribution >= 4 is 5.97 Å². The second-order valence-electron chi connectivity index (χ2n) is 4.14. The predicted molar refractivity (Wildman–Crippen MR) is 68.2 cm³/mol. The predicted octanol–water partition coefficient (Wildman–Crippen LogP) is 0.906. The Hall–Kier alpha value is -2.83. The van der Waals surface area contributed by atoms with E-state index in [1.54, 1.807) is 18.2 Å². The molecular formula is C13H10N2O5. The minimum Gasteiger partial charge on any atom is -0.486 e. The first-order chi connectivity index (χ1) is 9.65. The number of aromatic carboxylic acids is 1. The van der Waals surface area contributed by atoms with Crippen LogP contribution in [0.25, 0.3) is 11.4 Å². The highest BCUT2D eigenvalue weighted by atomic mass is 16.6. The number of H-pyrrole nitrogens is 1. The average molecular weight is 274 g/mol. The van der Waals surface area contributed by atoms with E-state index in [0.29, 0.717) is 30.3 Å². The summed E-state index contributed by atoms with van der Waals surface area (Å²) in [7, 11) is 0. The van der Waals surface area contributed by atoms with E-state index >= 15 is 0 Å². The largest absolute Gasteiger partial charge is 0.486 e. The monoisotopic (exact) mass is 274 g/mol. The molecule has 2 aromatic rings.